The predicted octanol–water partition coefficient (Wildman–Crippen LogP) is 6.62. The van der Waals surface area contributed by atoms with Crippen LogP contribution in [0.5, 0.6) is 6.01 Å². The van der Waals surface area contributed by atoms with Gasteiger partial charge in [-0.05, 0) is 96.3 Å². The SMILES string of the molecule is Cc1cccc(C[C@H]2CCCCC/C=C\[C@@H]3C[C@@]3(C(=O)NS(=O)(=O)C3(C)CC3)CC(=O)[C@@H]3C[C@@H](Oc4nc5ccccc5n4C(C)C)CN3C2=O)c1. The number of benzene rings is 2. The number of rotatable bonds is 8. The van der Waals surface area contributed by atoms with Crippen LogP contribution in [-0.2, 0) is 30.8 Å². The maximum atomic E-state index is 14.8. The molecule has 4 aliphatic rings. The minimum atomic E-state index is -3.89. The molecule has 2 aliphatic heterocycles. The Morgan fingerprint density at radius 2 is 1.87 bits per heavy atom. The van der Waals surface area contributed by atoms with Crippen LogP contribution in [0.2, 0.25) is 0 Å². The van der Waals surface area contributed by atoms with E-state index in [1.54, 1.807) is 11.8 Å². The summed E-state index contributed by atoms with van der Waals surface area (Å²) >= 11 is 0. The molecule has 3 heterocycles. The summed E-state index contributed by atoms with van der Waals surface area (Å²) in [6, 6.07) is 15.8. The van der Waals surface area contributed by atoms with E-state index in [0.717, 1.165) is 47.8 Å². The summed E-state index contributed by atoms with van der Waals surface area (Å²) in [5.74, 6) is -1.50. The second kappa shape index (κ2) is 14.1. The Bertz CT molecular complexity index is 2000. The van der Waals surface area contributed by atoms with Crippen molar-refractivity contribution >= 4 is 38.7 Å². The van der Waals surface area contributed by atoms with Crippen molar-refractivity contribution in [2.75, 3.05) is 6.54 Å². The average molecular weight is 729 g/mol. The Morgan fingerprint density at radius 1 is 1.08 bits per heavy atom. The highest BCUT2D eigenvalue weighted by Gasteiger charge is 2.62. The monoisotopic (exact) mass is 728 g/mol. The molecule has 0 unspecified atom stereocenters. The predicted molar refractivity (Wildman–Crippen MR) is 200 cm³/mol. The molecule has 10 nitrogen and oxygen atoms in total. The van der Waals surface area contributed by atoms with E-state index in [2.05, 4.69) is 36.8 Å². The minimum Gasteiger partial charge on any atom is -0.459 e. The number of Topliss-reactive ketones (excluding diaryl/α,β-unsaturated/α-hetero) is 1. The van der Waals surface area contributed by atoms with Crippen LogP contribution >= 0.6 is 0 Å². The van der Waals surface area contributed by atoms with Gasteiger partial charge in [-0.3, -0.25) is 23.7 Å². The van der Waals surface area contributed by atoms with Crippen molar-refractivity contribution in [1.82, 2.24) is 19.2 Å². The first-order valence-corrected chi connectivity index (χ1v) is 20.5. The minimum absolute atomic E-state index is 0.0589. The first-order chi connectivity index (χ1) is 24.8. The Kier molecular flexibility index (Phi) is 9.86. The van der Waals surface area contributed by atoms with E-state index in [1.165, 1.54) is 0 Å². The molecule has 3 aromatic rings. The molecule has 2 aliphatic carbocycles. The largest absolute Gasteiger partial charge is 0.459 e. The number of allylic oxidation sites excluding steroid dienone is 2. The maximum Gasteiger partial charge on any atom is 0.297 e. The summed E-state index contributed by atoms with van der Waals surface area (Å²) in [7, 11) is -3.89. The number of sulfonamides is 1. The lowest BCUT2D eigenvalue weighted by atomic mass is 9.89. The quantitative estimate of drug-likeness (QED) is 0.259. The van der Waals surface area contributed by atoms with Crippen molar-refractivity contribution in [2.45, 2.75) is 121 Å². The molecule has 2 saturated carbocycles. The molecule has 0 bridgehead atoms. The van der Waals surface area contributed by atoms with Crippen molar-refractivity contribution < 1.29 is 27.5 Å². The van der Waals surface area contributed by atoms with Crippen LogP contribution in [0.25, 0.3) is 11.0 Å². The summed E-state index contributed by atoms with van der Waals surface area (Å²) < 4.78 is 36.5. The molecule has 1 aromatic heterocycles. The molecular weight excluding hydrogens is 677 g/mol. The summed E-state index contributed by atoms with van der Waals surface area (Å²) in [5, 5.41) is 0. The fourth-order valence-corrected chi connectivity index (χ4v) is 9.63. The fourth-order valence-electron chi connectivity index (χ4n) is 8.30. The molecular formula is C41H52N4O6S. The van der Waals surface area contributed by atoms with Gasteiger partial charge in [0.05, 0.1) is 33.8 Å². The van der Waals surface area contributed by atoms with Crippen molar-refractivity contribution in [3.63, 3.8) is 0 Å². The van der Waals surface area contributed by atoms with Crippen LogP contribution in [0.4, 0.5) is 0 Å². The van der Waals surface area contributed by atoms with Gasteiger partial charge in [-0.25, -0.2) is 8.42 Å². The molecule has 1 N–H and O–H groups in total. The molecule has 52 heavy (non-hydrogen) atoms. The average Bonchev–Trinajstić information content (AvgIpc) is 3.91. The third-order valence-corrected chi connectivity index (χ3v) is 14.0. The van der Waals surface area contributed by atoms with E-state index in [0.29, 0.717) is 38.1 Å². The number of nitrogens with one attached hydrogen (secondary N) is 1. The van der Waals surface area contributed by atoms with Gasteiger partial charge < -0.3 is 9.64 Å². The van der Waals surface area contributed by atoms with Gasteiger partial charge in [-0.2, -0.15) is 4.98 Å². The van der Waals surface area contributed by atoms with E-state index in [1.807, 2.05) is 54.0 Å². The molecule has 1 saturated heterocycles. The summed E-state index contributed by atoms with van der Waals surface area (Å²) in [6.07, 6.45) is 9.95. The second-order valence-electron chi connectivity index (χ2n) is 16.3. The van der Waals surface area contributed by atoms with E-state index in [-0.39, 0.29) is 49.0 Å². The molecule has 3 fully saturated rings. The molecule has 0 spiro atoms. The van der Waals surface area contributed by atoms with Crippen LogP contribution in [0.1, 0.15) is 102 Å². The molecule has 278 valence electrons. The van der Waals surface area contributed by atoms with E-state index >= 15 is 0 Å². The van der Waals surface area contributed by atoms with Crippen LogP contribution in [0.15, 0.2) is 60.7 Å². The Morgan fingerprint density at radius 3 is 2.62 bits per heavy atom. The number of carbonyl (C=O) groups is 3. The second-order valence-corrected chi connectivity index (χ2v) is 18.5. The maximum absolute atomic E-state index is 14.8. The smallest absolute Gasteiger partial charge is 0.297 e. The zero-order chi connectivity index (χ0) is 36.8. The molecule has 5 atom stereocenters. The highest BCUT2D eigenvalue weighted by atomic mass is 32.2. The number of ether oxygens (including phenoxy) is 1. The van der Waals surface area contributed by atoms with Gasteiger partial charge in [-0.15, -0.1) is 0 Å². The standard InChI is InChI=1S/C41H52N4O6S/c1-27(2)45-34-18-11-10-17-33(34)42-39(45)51-32-23-35-36(46)25-41(38(48)43-52(49,50)40(4)19-20-40)24-31(41)16-9-7-5-6-8-15-30(37(47)44(35)26-32)22-29-14-12-13-28(3)21-29/h9-14,16-18,21,27,30-32,35H,5-8,15,19-20,22-26H2,1-4H3,(H,43,48)/b16-9-/t30-,31-,32-,35+,41-/m1/s1. The number of nitrogens with zero attached hydrogens (tertiary/aromatic N) is 3. The summed E-state index contributed by atoms with van der Waals surface area (Å²) in [5.41, 5.74) is 2.79. The molecule has 0 radical (unpaired) electrons. The Labute approximate surface area is 307 Å². The number of fused-ring (bicyclic) bond motifs is 3. The molecule has 11 heteroatoms. The van der Waals surface area contributed by atoms with E-state index < -0.39 is 38.2 Å². The van der Waals surface area contributed by atoms with Gasteiger partial charge in [0.2, 0.25) is 21.8 Å². The van der Waals surface area contributed by atoms with Crippen LogP contribution in [0, 0.1) is 24.2 Å². The third kappa shape index (κ3) is 7.17. The zero-order valence-corrected chi connectivity index (χ0v) is 31.7. The number of hydrogen-bond acceptors (Lipinski definition) is 7. The molecule has 2 aromatic carbocycles. The van der Waals surface area contributed by atoms with Crippen molar-refractivity contribution in [2.24, 2.45) is 17.3 Å². The summed E-state index contributed by atoms with van der Waals surface area (Å²) in [4.78, 5) is 49.8. The number of amides is 2. The normalized spacial score (nSPS) is 28.4. The third-order valence-electron chi connectivity index (χ3n) is 11.9. The van der Waals surface area contributed by atoms with Gasteiger partial charge >= 0.3 is 0 Å². The van der Waals surface area contributed by atoms with Crippen molar-refractivity contribution in [3.05, 3.63) is 71.8 Å². The van der Waals surface area contributed by atoms with Crippen LogP contribution < -0.4 is 9.46 Å². The number of para-hydroxylation sites is 2. The van der Waals surface area contributed by atoms with Crippen LogP contribution in [-0.4, -0.2) is 63.9 Å². The first kappa shape index (κ1) is 36.4. The molecule has 2 amide bonds. The number of hydrogen-bond donors (Lipinski definition) is 1. The zero-order valence-electron chi connectivity index (χ0n) is 30.8. The topological polar surface area (TPSA) is 128 Å². The highest BCUT2D eigenvalue weighted by Crippen LogP contribution is 2.57. The van der Waals surface area contributed by atoms with Crippen LogP contribution in [0.3, 0.4) is 0 Å². The van der Waals surface area contributed by atoms with E-state index in [4.69, 9.17) is 9.72 Å². The van der Waals surface area contributed by atoms with Gasteiger partial charge in [-0.1, -0.05) is 67.0 Å². The lowest BCUT2D eigenvalue weighted by Crippen LogP contribution is -2.47. The van der Waals surface area contributed by atoms with Gasteiger partial charge in [0, 0.05) is 24.8 Å². The number of ketones is 1. The van der Waals surface area contributed by atoms with Gasteiger partial charge in [0.25, 0.3) is 6.01 Å². The van der Waals surface area contributed by atoms with Gasteiger partial charge in [0.15, 0.2) is 5.78 Å². The van der Waals surface area contributed by atoms with Crippen molar-refractivity contribution in [1.29, 1.82) is 0 Å². The lowest BCUT2D eigenvalue weighted by Gasteiger charge is -2.29. The summed E-state index contributed by atoms with van der Waals surface area (Å²) in [6.45, 7) is 8.05. The molecule has 7 rings (SSSR count). The first-order valence-electron chi connectivity index (χ1n) is 19.1. The fraction of sp³-hybridized carbons (Fsp3) is 0.561. The number of imidazole rings is 1. The van der Waals surface area contributed by atoms with E-state index in [9.17, 15) is 22.8 Å². The highest BCUT2D eigenvalue weighted by molar-refractivity contribution is 7.91. The number of carbonyl (C=O) groups excluding carboxylic acids is 3. The number of aryl methyl sites for hydroxylation is 1. The van der Waals surface area contributed by atoms with Crippen molar-refractivity contribution in [3.8, 4) is 6.01 Å². The lowest BCUT2D eigenvalue weighted by molar-refractivity contribution is -0.142. The van der Waals surface area contributed by atoms with Gasteiger partial charge in [0.1, 0.15) is 6.10 Å². The Balaban J connectivity index is 1.21. The number of aromatic nitrogens is 2. The Hall–Kier alpha value is -3.99.